The molecule has 10 heteroatoms. The van der Waals surface area contributed by atoms with Crippen LogP contribution in [0.4, 0.5) is 9.18 Å². The number of amides is 2. The fourth-order valence-corrected chi connectivity index (χ4v) is 5.21. The van der Waals surface area contributed by atoms with Crippen molar-refractivity contribution in [2.24, 2.45) is 5.92 Å². The zero-order chi connectivity index (χ0) is 29.7. The van der Waals surface area contributed by atoms with Gasteiger partial charge in [0.05, 0.1) is 12.2 Å². The third kappa shape index (κ3) is 7.29. The molecular weight excluding hydrogens is 541 g/mol. The van der Waals surface area contributed by atoms with Crippen LogP contribution in [0.2, 0.25) is 0 Å². The van der Waals surface area contributed by atoms with Gasteiger partial charge in [-0.3, -0.25) is 9.78 Å². The standard InChI is InChI=1S/C32H36FN3O6/c1-32(2,3)42-31(38)36-14-11-25(23(18-36)19-39-24-7-9-28-29(16-24)41-20-40-28)22-6-8-27(33)26(15-22)30(37)35-13-10-21-5-4-12-34-17-21/h4-9,12,15-17,23,25H,10-11,13-14,18-20H2,1-3H3,(H,35,37)/t23-,25-/m0/s1. The Morgan fingerprint density at radius 1 is 1.12 bits per heavy atom. The third-order valence-corrected chi connectivity index (χ3v) is 7.28. The maximum absolute atomic E-state index is 14.9. The molecule has 1 saturated heterocycles. The van der Waals surface area contributed by atoms with E-state index in [2.05, 4.69) is 10.3 Å². The van der Waals surface area contributed by atoms with Crippen LogP contribution in [-0.4, -0.2) is 60.5 Å². The molecule has 2 aliphatic heterocycles. The van der Waals surface area contributed by atoms with Crippen LogP contribution in [0.25, 0.3) is 0 Å². The number of carbonyl (C=O) groups is 2. The molecule has 0 unspecified atom stereocenters. The lowest BCUT2D eigenvalue weighted by Gasteiger charge is -2.39. The molecule has 2 atom stereocenters. The Hall–Kier alpha value is -4.34. The van der Waals surface area contributed by atoms with Gasteiger partial charge >= 0.3 is 6.09 Å². The van der Waals surface area contributed by atoms with Crippen LogP contribution in [-0.2, 0) is 11.2 Å². The lowest BCUT2D eigenvalue weighted by molar-refractivity contribution is 0.0111. The van der Waals surface area contributed by atoms with Gasteiger partial charge in [0.2, 0.25) is 6.79 Å². The maximum Gasteiger partial charge on any atom is 0.410 e. The van der Waals surface area contributed by atoms with Crippen molar-refractivity contribution in [2.75, 3.05) is 33.0 Å². The zero-order valence-electron chi connectivity index (χ0n) is 24.1. The SMILES string of the molecule is CC(C)(C)OC(=O)N1CC[C@@H](c2ccc(F)c(C(=O)NCCc3cccnc3)c2)[C@H](COc2ccc3c(c2)OCO3)C1. The first kappa shape index (κ1) is 29.2. The minimum Gasteiger partial charge on any atom is -0.493 e. The van der Waals surface area contributed by atoms with Crippen LogP contribution < -0.4 is 19.5 Å². The highest BCUT2D eigenvalue weighted by Crippen LogP contribution is 2.38. The zero-order valence-corrected chi connectivity index (χ0v) is 24.1. The van der Waals surface area contributed by atoms with Crippen molar-refractivity contribution in [3.8, 4) is 17.2 Å². The van der Waals surface area contributed by atoms with Gasteiger partial charge < -0.3 is 29.2 Å². The van der Waals surface area contributed by atoms with E-state index in [-0.39, 0.29) is 36.9 Å². The largest absolute Gasteiger partial charge is 0.493 e. The second-order valence-electron chi connectivity index (χ2n) is 11.5. The van der Waals surface area contributed by atoms with Gasteiger partial charge in [-0.15, -0.1) is 0 Å². The Morgan fingerprint density at radius 3 is 2.74 bits per heavy atom. The highest BCUT2D eigenvalue weighted by atomic mass is 19.1. The van der Waals surface area contributed by atoms with E-state index in [9.17, 15) is 14.0 Å². The quantitative estimate of drug-likeness (QED) is 0.386. The van der Waals surface area contributed by atoms with Gasteiger partial charge in [0.1, 0.15) is 17.2 Å². The number of aromatic nitrogens is 1. The van der Waals surface area contributed by atoms with Gasteiger partial charge in [-0.25, -0.2) is 9.18 Å². The number of fused-ring (bicyclic) bond motifs is 1. The normalized spacial score (nSPS) is 18.0. The number of rotatable bonds is 8. The second kappa shape index (κ2) is 12.7. The Kier molecular flexibility index (Phi) is 8.80. The summed E-state index contributed by atoms with van der Waals surface area (Å²) in [5, 5.41) is 2.82. The molecule has 0 bridgehead atoms. The summed E-state index contributed by atoms with van der Waals surface area (Å²) >= 11 is 0. The third-order valence-electron chi connectivity index (χ3n) is 7.28. The summed E-state index contributed by atoms with van der Waals surface area (Å²) in [7, 11) is 0. The van der Waals surface area contributed by atoms with E-state index in [4.69, 9.17) is 18.9 Å². The fourth-order valence-electron chi connectivity index (χ4n) is 5.21. The van der Waals surface area contributed by atoms with Crippen molar-refractivity contribution >= 4 is 12.0 Å². The smallest absolute Gasteiger partial charge is 0.410 e. The van der Waals surface area contributed by atoms with Crippen molar-refractivity contribution in [3.05, 3.63) is 83.4 Å². The van der Waals surface area contributed by atoms with Crippen molar-refractivity contribution in [1.82, 2.24) is 15.2 Å². The minimum atomic E-state index is -0.622. The number of carbonyl (C=O) groups excluding carboxylic acids is 2. The average molecular weight is 578 g/mol. The highest BCUT2D eigenvalue weighted by molar-refractivity contribution is 5.94. The molecule has 0 spiro atoms. The Balaban J connectivity index is 1.31. The molecule has 2 amide bonds. The summed E-state index contributed by atoms with van der Waals surface area (Å²) in [6, 6.07) is 13.8. The summed E-state index contributed by atoms with van der Waals surface area (Å²) in [6.07, 6.45) is 4.23. The number of hydrogen-bond acceptors (Lipinski definition) is 7. The van der Waals surface area contributed by atoms with Crippen molar-refractivity contribution in [2.45, 2.75) is 45.1 Å². The number of nitrogens with zero attached hydrogens (tertiary/aromatic N) is 2. The summed E-state index contributed by atoms with van der Waals surface area (Å²) in [4.78, 5) is 31.7. The van der Waals surface area contributed by atoms with Gasteiger partial charge in [-0.1, -0.05) is 12.1 Å². The van der Waals surface area contributed by atoms with Crippen LogP contribution in [0.15, 0.2) is 60.9 Å². The number of nitrogens with one attached hydrogen (secondary N) is 1. The van der Waals surface area contributed by atoms with Crippen LogP contribution in [0.1, 0.15) is 54.6 Å². The topological polar surface area (TPSA) is 99.2 Å². The van der Waals surface area contributed by atoms with Gasteiger partial charge in [-0.2, -0.15) is 0 Å². The number of pyridine rings is 1. The molecule has 3 aromatic rings. The molecule has 222 valence electrons. The molecular formula is C32H36FN3O6. The molecule has 9 nitrogen and oxygen atoms in total. The van der Waals surface area contributed by atoms with E-state index in [0.717, 1.165) is 11.1 Å². The number of piperidine rings is 1. The predicted octanol–water partition coefficient (Wildman–Crippen LogP) is 5.34. The molecule has 2 aliphatic rings. The molecule has 1 fully saturated rings. The van der Waals surface area contributed by atoms with Crippen LogP contribution >= 0.6 is 0 Å². The minimum absolute atomic E-state index is 0.0105. The van der Waals surface area contributed by atoms with Crippen LogP contribution in [0.3, 0.4) is 0 Å². The molecule has 0 radical (unpaired) electrons. The van der Waals surface area contributed by atoms with Gasteiger partial charge in [0.15, 0.2) is 11.5 Å². The van der Waals surface area contributed by atoms with Crippen molar-refractivity contribution in [3.63, 3.8) is 0 Å². The second-order valence-corrected chi connectivity index (χ2v) is 11.5. The average Bonchev–Trinajstić information content (AvgIpc) is 3.44. The van der Waals surface area contributed by atoms with E-state index >= 15 is 0 Å². The number of halogens is 1. The lowest BCUT2D eigenvalue weighted by Crippen LogP contribution is -2.46. The summed E-state index contributed by atoms with van der Waals surface area (Å²) in [5.41, 5.74) is 1.16. The first-order chi connectivity index (χ1) is 20.2. The molecule has 0 saturated carbocycles. The number of benzene rings is 2. The van der Waals surface area contributed by atoms with Crippen LogP contribution in [0.5, 0.6) is 17.2 Å². The molecule has 42 heavy (non-hydrogen) atoms. The Bertz CT molecular complexity index is 1410. The summed E-state index contributed by atoms with van der Waals surface area (Å²) in [6.45, 7) is 7.15. The molecule has 3 heterocycles. The molecule has 1 N–H and O–H groups in total. The van der Waals surface area contributed by atoms with E-state index in [0.29, 0.717) is 49.7 Å². The Labute approximate surface area is 244 Å². The van der Waals surface area contributed by atoms with E-state index in [1.54, 1.807) is 41.6 Å². The van der Waals surface area contributed by atoms with E-state index in [1.807, 2.05) is 39.0 Å². The van der Waals surface area contributed by atoms with Gasteiger partial charge in [0.25, 0.3) is 5.91 Å². The Morgan fingerprint density at radius 2 is 1.95 bits per heavy atom. The van der Waals surface area contributed by atoms with Crippen molar-refractivity contribution in [1.29, 1.82) is 0 Å². The van der Waals surface area contributed by atoms with Crippen molar-refractivity contribution < 1.29 is 32.9 Å². The first-order valence-electron chi connectivity index (χ1n) is 14.1. The monoisotopic (exact) mass is 577 g/mol. The summed E-state index contributed by atoms with van der Waals surface area (Å²) in [5.74, 6) is 0.589. The van der Waals surface area contributed by atoms with Crippen LogP contribution in [0, 0.1) is 11.7 Å². The molecule has 1 aromatic heterocycles. The van der Waals surface area contributed by atoms with E-state index in [1.165, 1.54) is 6.07 Å². The number of ether oxygens (including phenoxy) is 4. The maximum atomic E-state index is 14.9. The van der Waals surface area contributed by atoms with E-state index < -0.39 is 17.3 Å². The molecule has 5 rings (SSSR count). The first-order valence-corrected chi connectivity index (χ1v) is 14.1. The predicted molar refractivity (Wildman–Crippen MR) is 153 cm³/mol. The van der Waals surface area contributed by atoms with Gasteiger partial charge in [0, 0.05) is 44.0 Å². The molecule has 2 aromatic carbocycles. The fraction of sp³-hybridized carbons (Fsp3) is 0.406. The molecule has 0 aliphatic carbocycles. The number of likely N-dealkylation sites (tertiary alicyclic amines) is 1. The number of hydrogen-bond donors (Lipinski definition) is 1. The highest BCUT2D eigenvalue weighted by Gasteiger charge is 2.35. The van der Waals surface area contributed by atoms with Gasteiger partial charge in [-0.05, 0) is 81.0 Å². The lowest BCUT2D eigenvalue weighted by atomic mass is 9.80. The summed E-state index contributed by atoms with van der Waals surface area (Å²) < 4.78 is 37.5.